The molecule has 0 spiro atoms. The highest BCUT2D eigenvalue weighted by Gasteiger charge is 2.72. The van der Waals surface area contributed by atoms with Crippen molar-refractivity contribution >= 4 is 5.97 Å². The highest BCUT2D eigenvalue weighted by atomic mass is 16.7. The van der Waals surface area contributed by atoms with Gasteiger partial charge in [0.1, 0.15) is 18.3 Å². The lowest BCUT2D eigenvalue weighted by atomic mass is 9.35. The summed E-state index contributed by atoms with van der Waals surface area (Å²) in [6.45, 7) is 18.5. The maximum absolute atomic E-state index is 12.3. The number of fused-ring (bicyclic) bond motifs is 5. The van der Waals surface area contributed by atoms with Gasteiger partial charge in [0, 0.05) is 6.92 Å². The van der Waals surface area contributed by atoms with Gasteiger partial charge >= 0.3 is 5.97 Å². The second kappa shape index (κ2) is 12.1. The Hall–Kier alpha value is -0.850. The zero-order chi connectivity index (χ0) is 35.4. The molecule has 6 aliphatic rings. The fourth-order valence-electron chi connectivity index (χ4n) is 13.0. The summed E-state index contributed by atoms with van der Waals surface area (Å²) in [5.41, 5.74) is -1.69. The molecule has 2 saturated heterocycles. The monoisotopic (exact) mass is 680 g/mol. The van der Waals surface area contributed by atoms with E-state index in [-0.39, 0.29) is 51.3 Å². The fraction of sp³-hybridized carbons (Fsp3) is 0.974. The van der Waals surface area contributed by atoms with Gasteiger partial charge in [-0.2, -0.15) is 0 Å². The molecule has 4 aliphatic carbocycles. The van der Waals surface area contributed by atoms with Crippen LogP contribution in [0.15, 0.2) is 0 Å². The average molecular weight is 681 g/mol. The van der Waals surface area contributed by atoms with Crippen LogP contribution in [0.2, 0.25) is 0 Å². The molecule has 6 fully saturated rings. The topological polar surface area (TPSA) is 155 Å². The highest BCUT2D eigenvalue weighted by Crippen LogP contribution is 2.76. The molecular formula is C38H64O10. The molecule has 48 heavy (non-hydrogen) atoms. The van der Waals surface area contributed by atoms with E-state index in [1.807, 2.05) is 13.8 Å². The van der Waals surface area contributed by atoms with E-state index in [9.17, 15) is 30.3 Å². The number of aliphatic hydroxyl groups is 5. The Bertz CT molecular complexity index is 1220. The van der Waals surface area contributed by atoms with Gasteiger partial charge in [-0.15, -0.1) is 0 Å². The van der Waals surface area contributed by atoms with E-state index in [1.165, 1.54) is 6.92 Å². The molecule has 2 heterocycles. The van der Waals surface area contributed by atoms with Gasteiger partial charge in [-0.3, -0.25) is 4.79 Å². The van der Waals surface area contributed by atoms with Crippen LogP contribution in [0.4, 0.5) is 0 Å². The van der Waals surface area contributed by atoms with E-state index in [1.54, 1.807) is 0 Å². The Morgan fingerprint density at radius 2 is 1.54 bits per heavy atom. The molecule has 0 aromatic rings. The molecule has 4 saturated carbocycles. The number of hydrogen-bond donors (Lipinski definition) is 5. The van der Waals surface area contributed by atoms with Crippen LogP contribution < -0.4 is 0 Å². The number of rotatable bonds is 6. The lowest BCUT2D eigenvalue weighted by molar-refractivity contribution is -0.334. The fourth-order valence-corrected chi connectivity index (χ4v) is 13.0. The van der Waals surface area contributed by atoms with Crippen molar-refractivity contribution in [2.24, 2.45) is 45.3 Å². The van der Waals surface area contributed by atoms with Crippen LogP contribution in [0.25, 0.3) is 0 Å². The van der Waals surface area contributed by atoms with Crippen molar-refractivity contribution < 1.29 is 49.3 Å². The van der Waals surface area contributed by atoms with Gasteiger partial charge in [0.2, 0.25) is 0 Å². The van der Waals surface area contributed by atoms with Gasteiger partial charge in [-0.05, 0) is 124 Å². The van der Waals surface area contributed by atoms with Crippen LogP contribution in [0.3, 0.4) is 0 Å². The molecule has 0 bridgehead atoms. The molecule has 0 amide bonds. The van der Waals surface area contributed by atoms with Crippen LogP contribution in [0.5, 0.6) is 0 Å². The van der Waals surface area contributed by atoms with Crippen molar-refractivity contribution in [3.8, 4) is 0 Å². The smallest absolute Gasteiger partial charge is 0.303 e. The van der Waals surface area contributed by atoms with E-state index in [0.29, 0.717) is 18.3 Å². The van der Waals surface area contributed by atoms with Crippen LogP contribution in [-0.4, -0.2) is 98.3 Å². The lowest BCUT2D eigenvalue weighted by Gasteiger charge is -2.71. The normalized spacial score (nSPS) is 53.5. The first kappa shape index (κ1) is 36.9. The van der Waals surface area contributed by atoms with Crippen molar-refractivity contribution in [3.63, 3.8) is 0 Å². The number of carbonyl (C=O) groups is 1. The third-order valence-electron chi connectivity index (χ3n) is 15.6. The summed E-state index contributed by atoms with van der Waals surface area (Å²) in [6.07, 6.45) is 1.05. The Kier molecular flexibility index (Phi) is 9.31. The van der Waals surface area contributed by atoms with Crippen molar-refractivity contribution in [2.45, 2.75) is 180 Å². The van der Waals surface area contributed by atoms with Gasteiger partial charge in [-0.25, -0.2) is 0 Å². The van der Waals surface area contributed by atoms with Crippen molar-refractivity contribution in [1.29, 1.82) is 0 Å². The van der Waals surface area contributed by atoms with Gasteiger partial charge in [0.25, 0.3) is 0 Å². The van der Waals surface area contributed by atoms with Crippen molar-refractivity contribution in [3.05, 3.63) is 0 Å². The van der Waals surface area contributed by atoms with Crippen LogP contribution in [-0.2, 0) is 23.7 Å². The molecule has 0 aromatic carbocycles. The van der Waals surface area contributed by atoms with E-state index >= 15 is 0 Å². The van der Waals surface area contributed by atoms with E-state index in [4.69, 9.17) is 18.9 Å². The van der Waals surface area contributed by atoms with Gasteiger partial charge in [-0.1, -0.05) is 34.6 Å². The third-order valence-corrected chi connectivity index (χ3v) is 15.6. The summed E-state index contributed by atoms with van der Waals surface area (Å²) < 4.78 is 24.7. The van der Waals surface area contributed by atoms with Crippen LogP contribution in [0, 0.1) is 45.3 Å². The molecule has 5 N–H and O–H groups in total. The summed E-state index contributed by atoms with van der Waals surface area (Å²) in [7, 11) is 0. The Morgan fingerprint density at radius 3 is 2.15 bits per heavy atom. The van der Waals surface area contributed by atoms with Gasteiger partial charge < -0.3 is 44.5 Å². The van der Waals surface area contributed by atoms with Gasteiger partial charge in [0.15, 0.2) is 12.4 Å². The third kappa shape index (κ3) is 5.44. The molecular weight excluding hydrogens is 616 g/mol. The van der Waals surface area contributed by atoms with Gasteiger partial charge in [0.05, 0.1) is 36.1 Å². The zero-order valence-electron chi connectivity index (χ0n) is 30.8. The molecule has 0 radical (unpaired) electrons. The summed E-state index contributed by atoms with van der Waals surface area (Å²) in [6, 6.07) is 0. The molecule has 10 heteroatoms. The molecule has 276 valence electrons. The van der Waals surface area contributed by atoms with E-state index < -0.39 is 55.0 Å². The molecule has 0 aromatic heterocycles. The molecule has 2 aliphatic heterocycles. The van der Waals surface area contributed by atoms with E-state index in [2.05, 4.69) is 41.5 Å². The summed E-state index contributed by atoms with van der Waals surface area (Å²) >= 11 is 0. The second-order valence-electron chi connectivity index (χ2n) is 18.8. The minimum Gasteiger partial charge on any atom is -0.454 e. The summed E-state index contributed by atoms with van der Waals surface area (Å²) in [5.74, 6) is 0.407. The SMILES string of the molecule is CC(=O)O[C@H]1C(O[C@@H]2CC[C@@]3(C)C(CC[C@]4(C)C3[C@H](O)CC3[C@@H](C5(C)CC[C@@H](C(C)(C)O)O5)CC[C@]34C)C2(C)C)O[C@H](CO)[C@@H](O)[C@@H]1O. The Morgan fingerprint density at radius 1 is 0.875 bits per heavy atom. The van der Waals surface area contributed by atoms with Crippen molar-refractivity contribution in [2.75, 3.05) is 6.61 Å². The first-order valence-electron chi connectivity index (χ1n) is 18.7. The maximum atomic E-state index is 12.3. The second-order valence-corrected chi connectivity index (χ2v) is 18.8. The quantitative estimate of drug-likeness (QED) is 0.205. The Labute approximate surface area is 287 Å². The minimum atomic E-state index is -1.46. The predicted molar refractivity (Wildman–Crippen MR) is 177 cm³/mol. The standard InChI is InChI=1S/C38H64O10/c1-20(40)45-30-29(43)28(42)24(19-39)46-32(30)47-26-12-14-35(6)25(33(26,2)3)11-16-37(8)31(35)23(41)18-22-21(10-15-36(22,37)7)38(9)17-13-27(48-38)34(4,5)44/h21-32,39,41-44H,10-19H2,1-9H3/t21-,22?,23+,24+,25?,26+,27-,28+,29-,30+,31?,32?,35-,36+,37+,38?/m0/s1. The highest BCUT2D eigenvalue weighted by molar-refractivity contribution is 5.66. The van der Waals surface area contributed by atoms with Crippen LogP contribution >= 0.6 is 0 Å². The maximum Gasteiger partial charge on any atom is 0.303 e. The molecule has 6 rings (SSSR count). The first-order chi connectivity index (χ1) is 22.1. The number of esters is 1. The first-order valence-corrected chi connectivity index (χ1v) is 18.7. The number of hydrogen-bond acceptors (Lipinski definition) is 10. The van der Waals surface area contributed by atoms with Crippen molar-refractivity contribution in [1.82, 2.24) is 0 Å². The molecule has 16 atom stereocenters. The summed E-state index contributed by atoms with van der Waals surface area (Å²) in [4.78, 5) is 12.0. The minimum absolute atomic E-state index is 0.0513. The average Bonchev–Trinajstić information content (AvgIpc) is 3.55. The number of ether oxygens (including phenoxy) is 4. The zero-order valence-corrected chi connectivity index (χ0v) is 30.8. The Balaban J connectivity index is 1.24. The van der Waals surface area contributed by atoms with Crippen LogP contribution in [0.1, 0.15) is 120 Å². The van der Waals surface area contributed by atoms with E-state index in [0.717, 1.165) is 51.4 Å². The lowest BCUT2D eigenvalue weighted by Crippen LogP contribution is -2.68. The predicted octanol–water partition coefficient (Wildman–Crippen LogP) is 4.11. The molecule has 10 nitrogen and oxygen atoms in total. The summed E-state index contributed by atoms with van der Waals surface area (Å²) in [5, 5.41) is 54.3. The number of carbonyl (C=O) groups excluding carboxylic acids is 1. The molecule has 5 unspecified atom stereocenters. The number of aliphatic hydroxyl groups excluding tert-OH is 4. The largest absolute Gasteiger partial charge is 0.454 e.